The molecule has 4 nitrogen and oxygen atoms in total. The minimum absolute atomic E-state index is 0.0413. The lowest BCUT2D eigenvalue weighted by Gasteiger charge is -2.15. The summed E-state index contributed by atoms with van der Waals surface area (Å²) in [4.78, 5) is 24.0. The monoisotopic (exact) mass is 379 g/mol. The van der Waals surface area contributed by atoms with E-state index in [-0.39, 0.29) is 32.4 Å². The molecule has 0 saturated heterocycles. The molecule has 0 aliphatic heterocycles. The predicted octanol–water partition coefficient (Wildman–Crippen LogP) is 3.81. The van der Waals surface area contributed by atoms with Crippen molar-refractivity contribution >= 4 is 39.4 Å². The van der Waals surface area contributed by atoms with Crippen LogP contribution in [0, 0.1) is 11.8 Å². The second kappa shape index (κ2) is 6.39. The van der Waals surface area contributed by atoms with Gasteiger partial charge in [-0.05, 0) is 24.3 Å². The van der Waals surface area contributed by atoms with Gasteiger partial charge in [-0.3, -0.25) is 9.59 Å². The molecule has 0 amide bonds. The van der Waals surface area contributed by atoms with Gasteiger partial charge in [0.05, 0.1) is 21.6 Å². The Balaban J connectivity index is 2.56. The van der Waals surface area contributed by atoms with Crippen LogP contribution in [0.2, 0.25) is 5.02 Å². The van der Waals surface area contributed by atoms with Gasteiger partial charge in [0.25, 0.3) is 0 Å². The summed E-state index contributed by atoms with van der Waals surface area (Å²) in [5, 5.41) is 9.41. The van der Waals surface area contributed by atoms with Crippen LogP contribution in [-0.4, -0.2) is 21.8 Å². The van der Waals surface area contributed by atoms with Crippen LogP contribution in [0.25, 0.3) is 21.8 Å². The number of carbonyl (C=O) groups is 1. The van der Waals surface area contributed by atoms with E-state index in [0.29, 0.717) is 0 Å². The van der Waals surface area contributed by atoms with Gasteiger partial charge in [0.1, 0.15) is 6.54 Å². The van der Waals surface area contributed by atoms with Crippen LogP contribution in [0.5, 0.6) is 0 Å². The second-order valence-corrected chi connectivity index (χ2v) is 5.80. The van der Waals surface area contributed by atoms with Crippen LogP contribution in [0.4, 0.5) is 13.2 Å². The molecule has 0 radical (unpaired) electrons. The number of hydrogen-bond donors (Lipinski definition) is 1. The number of aromatic nitrogens is 1. The van der Waals surface area contributed by atoms with Gasteiger partial charge < -0.3 is 9.67 Å². The molecule has 1 aromatic heterocycles. The average Bonchev–Trinajstić information content (AvgIpc) is 2.56. The van der Waals surface area contributed by atoms with E-state index in [2.05, 4.69) is 0 Å². The zero-order chi connectivity index (χ0) is 19.1. The third-order valence-electron chi connectivity index (χ3n) is 3.70. The first-order chi connectivity index (χ1) is 12.2. The number of nitrogens with zero attached hydrogens (tertiary/aromatic N) is 1. The molecule has 0 fully saturated rings. The number of alkyl halides is 3. The van der Waals surface area contributed by atoms with Crippen molar-refractivity contribution in [2.24, 2.45) is 0 Å². The fourth-order valence-electron chi connectivity index (χ4n) is 2.75. The van der Waals surface area contributed by atoms with Gasteiger partial charge in [-0.1, -0.05) is 29.7 Å². The van der Waals surface area contributed by atoms with E-state index in [4.69, 9.17) is 11.6 Å². The second-order valence-electron chi connectivity index (χ2n) is 5.39. The Morgan fingerprint density at radius 1 is 1.15 bits per heavy atom. The van der Waals surface area contributed by atoms with Gasteiger partial charge in [0, 0.05) is 16.7 Å². The van der Waals surface area contributed by atoms with Gasteiger partial charge in [-0.2, -0.15) is 13.2 Å². The van der Waals surface area contributed by atoms with E-state index in [1.165, 1.54) is 28.8 Å². The van der Waals surface area contributed by atoms with E-state index >= 15 is 0 Å². The van der Waals surface area contributed by atoms with Crippen molar-refractivity contribution in [3.8, 4) is 11.8 Å². The fraction of sp³-hybridized carbons (Fsp3) is 0.111. The largest absolute Gasteiger partial charge is 0.480 e. The first-order valence-electron chi connectivity index (χ1n) is 7.24. The van der Waals surface area contributed by atoms with Gasteiger partial charge in [0.2, 0.25) is 0 Å². The summed E-state index contributed by atoms with van der Waals surface area (Å²) in [6.45, 7) is -0.571. The minimum atomic E-state index is -4.76. The summed E-state index contributed by atoms with van der Waals surface area (Å²) in [5.74, 6) is 1.84. The van der Waals surface area contributed by atoms with Crippen LogP contribution in [0.1, 0.15) is 5.56 Å². The normalized spacial score (nSPS) is 11.4. The number of para-hydroxylation sites is 1. The molecule has 0 spiro atoms. The molecule has 3 aromatic rings. The van der Waals surface area contributed by atoms with Crippen molar-refractivity contribution in [3.63, 3.8) is 0 Å². The Labute approximate surface area is 149 Å². The van der Waals surface area contributed by atoms with Crippen LogP contribution >= 0.6 is 11.6 Å². The lowest BCUT2D eigenvalue weighted by molar-refractivity contribution is -0.137. The molecule has 3 rings (SSSR count). The van der Waals surface area contributed by atoms with Gasteiger partial charge in [-0.15, -0.1) is 0 Å². The molecule has 2 aromatic carbocycles. The molecule has 0 atom stereocenters. The van der Waals surface area contributed by atoms with Gasteiger partial charge >= 0.3 is 12.1 Å². The first kappa shape index (κ1) is 17.8. The Bertz CT molecular complexity index is 1170. The van der Waals surface area contributed by atoms with Crippen molar-refractivity contribution in [2.45, 2.75) is 12.7 Å². The molecule has 132 valence electrons. The quantitative estimate of drug-likeness (QED) is 0.544. The summed E-state index contributed by atoms with van der Waals surface area (Å²) in [6, 6.07) is 8.86. The maximum absolute atomic E-state index is 12.7. The highest BCUT2D eigenvalue weighted by Gasteiger charge is 2.24. The summed E-state index contributed by atoms with van der Waals surface area (Å²) < 4.78 is 38.8. The van der Waals surface area contributed by atoms with Crippen molar-refractivity contribution in [3.05, 3.63) is 57.2 Å². The third kappa shape index (κ3) is 3.24. The zero-order valence-electron chi connectivity index (χ0n) is 12.9. The smallest absolute Gasteiger partial charge is 0.458 e. The highest BCUT2D eigenvalue weighted by Crippen LogP contribution is 2.28. The number of fused-ring (bicyclic) bond motifs is 2. The highest BCUT2D eigenvalue weighted by atomic mass is 35.5. The van der Waals surface area contributed by atoms with Crippen LogP contribution in [-0.2, 0) is 11.3 Å². The molecule has 1 heterocycles. The zero-order valence-corrected chi connectivity index (χ0v) is 13.6. The van der Waals surface area contributed by atoms with Gasteiger partial charge in [-0.25, -0.2) is 0 Å². The van der Waals surface area contributed by atoms with E-state index < -0.39 is 24.1 Å². The van der Waals surface area contributed by atoms with E-state index in [0.717, 1.165) is 5.92 Å². The summed E-state index contributed by atoms with van der Waals surface area (Å²) in [6.07, 6.45) is -4.76. The number of hydrogen-bond acceptors (Lipinski definition) is 2. The lowest BCUT2D eigenvalue weighted by Crippen LogP contribution is -2.17. The molecule has 0 unspecified atom stereocenters. The number of pyridine rings is 1. The molecule has 1 N–H and O–H groups in total. The topological polar surface area (TPSA) is 59.3 Å². The van der Waals surface area contributed by atoms with E-state index in [1.54, 1.807) is 12.1 Å². The number of carboxylic acid groups (broad SMARTS) is 1. The standard InChI is InChI=1S/C18H9ClF3NO3/c19-13-6-5-12-16(10(13)7-8-18(20,21)22)23(9-15(24)25)14-4-2-1-3-11(14)17(12)26/h1-6H,9H2,(H,24,25). The molecule has 0 saturated carbocycles. The Morgan fingerprint density at radius 3 is 2.50 bits per heavy atom. The molecule has 0 bridgehead atoms. The number of carboxylic acids is 1. The van der Waals surface area contributed by atoms with E-state index in [9.17, 15) is 27.9 Å². The fourth-order valence-corrected chi connectivity index (χ4v) is 2.95. The molecule has 26 heavy (non-hydrogen) atoms. The number of aliphatic carboxylic acids is 1. The van der Waals surface area contributed by atoms with Crippen molar-refractivity contribution < 1.29 is 23.1 Å². The summed E-state index contributed by atoms with van der Waals surface area (Å²) in [5.41, 5.74) is -0.459. The molecule has 0 aliphatic rings. The van der Waals surface area contributed by atoms with E-state index in [1.807, 2.05) is 5.92 Å². The number of benzene rings is 2. The van der Waals surface area contributed by atoms with Crippen LogP contribution < -0.4 is 5.43 Å². The predicted molar refractivity (Wildman–Crippen MR) is 91.3 cm³/mol. The maximum Gasteiger partial charge on any atom is 0.458 e. The molecule has 8 heteroatoms. The Morgan fingerprint density at radius 2 is 1.85 bits per heavy atom. The Kier molecular flexibility index (Phi) is 4.38. The molecule has 0 aliphatic carbocycles. The maximum atomic E-state index is 12.7. The van der Waals surface area contributed by atoms with Gasteiger partial charge in [0.15, 0.2) is 5.43 Å². The van der Waals surface area contributed by atoms with Crippen molar-refractivity contribution in [1.29, 1.82) is 0 Å². The summed E-state index contributed by atoms with van der Waals surface area (Å²) in [7, 11) is 0. The minimum Gasteiger partial charge on any atom is -0.480 e. The van der Waals surface area contributed by atoms with Crippen molar-refractivity contribution in [1.82, 2.24) is 4.57 Å². The lowest BCUT2D eigenvalue weighted by atomic mass is 10.0. The average molecular weight is 380 g/mol. The highest BCUT2D eigenvalue weighted by molar-refractivity contribution is 6.32. The van der Waals surface area contributed by atoms with Crippen molar-refractivity contribution in [2.75, 3.05) is 0 Å². The van der Waals surface area contributed by atoms with Crippen LogP contribution in [0.15, 0.2) is 41.2 Å². The third-order valence-corrected chi connectivity index (χ3v) is 4.02. The SMILES string of the molecule is O=C(O)Cn1c2ccccc2c(=O)c2ccc(Cl)c(C#CC(F)(F)F)c21. The Hall–Kier alpha value is -2.98. The number of halogens is 4. The van der Waals surface area contributed by atoms with Crippen LogP contribution in [0.3, 0.4) is 0 Å². The molecular weight excluding hydrogens is 371 g/mol. The first-order valence-corrected chi connectivity index (χ1v) is 7.62. The summed E-state index contributed by atoms with van der Waals surface area (Å²) >= 11 is 6.01. The number of rotatable bonds is 2. The molecular formula is C18H9ClF3NO3.